The van der Waals surface area contributed by atoms with E-state index in [9.17, 15) is 4.79 Å². The number of hydrogen-bond acceptors (Lipinski definition) is 4. The second kappa shape index (κ2) is 7.25. The van der Waals surface area contributed by atoms with E-state index in [1.165, 1.54) is 19.3 Å². The Morgan fingerprint density at radius 1 is 1.26 bits per heavy atom. The maximum Gasteiger partial charge on any atom is 0.320 e. The summed E-state index contributed by atoms with van der Waals surface area (Å²) in [6.07, 6.45) is 3.74. The van der Waals surface area contributed by atoms with Crippen LogP contribution < -0.4 is 0 Å². The van der Waals surface area contributed by atoms with Gasteiger partial charge in [0.2, 0.25) is 0 Å². The zero-order chi connectivity index (χ0) is 13.7. The Morgan fingerprint density at radius 3 is 2.68 bits per heavy atom. The summed E-state index contributed by atoms with van der Waals surface area (Å²) in [7, 11) is 0. The molecule has 0 aromatic heterocycles. The van der Waals surface area contributed by atoms with Crippen LogP contribution in [0.1, 0.15) is 33.1 Å². The molecule has 0 radical (unpaired) electrons. The van der Waals surface area contributed by atoms with Crippen LogP contribution in [0.4, 0.5) is 0 Å². The molecule has 1 saturated heterocycles. The van der Waals surface area contributed by atoms with E-state index in [4.69, 9.17) is 9.47 Å². The number of ether oxygens (including phenoxy) is 2. The third kappa shape index (κ3) is 4.77. The molecule has 0 bridgehead atoms. The predicted molar refractivity (Wildman–Crippen MR) is 73.9 cm³/mol. The van der Waals surface area contributed by atoms with Gasteiger partial charge >= 0.3 is 5.97 Å². The van der Waals surface area contributed by atoms with Gasteiger partial charge in [-0.3, -0.25) is 9.69 Å². The predicted octanol–water partition coefficient (Wildman–Crippen LogP) is 1.93. The van der Waals surface area contributed by atoms with Crippen molar-refractivity contribution in [2.24, 2.45) is 17.8 Å². The Bertz CT molecular complexity index is 289. The molecule has 4 heteroatoms. The molecule has 1 aliphatic heterocycles. The summed E-state index contributed by atoms with van der Waals surface area (Å²) in [5.41, 5.74) is 0. The van der Waals surface area contributed by atoms with Crippen LogP contribution in [0.25, 0.3) is 0 Å². The highest BCUT2D eigenvalue weighted by Crippen LogP contribution is 2.33. The highest BCUT2D eigenvalue weighted by atomic mass is 16.5. The Hall–Kier alpha value is -0.610. The van der Waals surface area contributed by atoms with Crippen molar-refractivity contribution in [1.82, 2.24) is 4.90 Å². The fourth-order valence-corrected chi connectivity index (χ4v) is 3.16. The Morgan fingerprint density at radius 2 is 2.00 bits per heavy atom. The third-order valence-electron chi connectivity index (χ3n) is 4.52. The minimum absolute atomic E-state index is 0.0762. The molecule has 0 aromatic rings. The van der Waals surface area contributed by atoms with Gasteiger partial charge in [-0.1, -0.05) is 20.3 Å². The van der Waals surface area contributed by atoms with Gasteiger partial charge in [0.1, 0.15) is 0 Å². The fourth-order valence-electron chi connectivity index (χ4n) is 3.16. The molecule has 1 aliphatic carbocycles. The maximum absolute atomic E-state index is 11.8. The zero-order valence-electron chi connectivity index (χ0n) is 12.3. The lowest BCUT2D eigenvalue weighted by molar-refractivity contribution is -0.148. The summed E-state index contributed by atoms with van der Waals surface area (Å²) >= 11 is 0. The molecular formula is C15H27NO3. The largest absolute Gasteiger partial charge is 0.464 e. The molecule has 0 spiro atoms. The van der Waals surface area contributed by atoms with Crippen LogP contribution in [0.5, 0.6) is 0 Å². The molecule has 0 aromatic carbocycles. The van der Waals surface area contributed by atoms with E-state index in [0.717, 1.165) is 32.2 Å². The summed E-state index contributed by atoms with van der Waals surface area (Å²) in [6, 6.07) is 0. The molecule has 4 nitrogen and oxygen atoms in total. The van der Waals surface area contributed by atoms with Crippen LogP contribution in [0.15, 0.2) is 0 Å². The Labute approximate surface area is 116 Å². The smallest absolute Gasteiger partial charge is 0.320 e. The summed E-state index contributed by atoms with van der Waals surface area (Å²) in [5.74, 6) is 1.99. The van der Waals surface area contributed by atoms with Crippen molar-refractivity contribution in [2.45, 2.75) is 33.1 Å². The summed E-state index contributed by atoms with van der Waals surface area (Å²) < 4.78 is 10.7. The van der Waals surface area contributed by atoms with Crippen LogP contribution in [-0.4, -0.2) is 50.3 Å². The lowest BCUT2D eigenvalue weighted by atomic mass is 9.76. The van der Waals surface area contributed by atoms with Crippen LogP contribution >= 0.6 is 0 Å². The monoisotopic (exact) mass is 269 g/mol. The van der Waals surface area contributed by atoms with Crippen molar-refractivity contribution in [3.05, 3.63) is 0 Å². The average Bonchev–Trinajstić information content (AvgIpc) is 2.39. The minimum Gasteiger partial charge on any atom is -0.464 e. The van der Waals surface area contributed by atoms with Gasteiger partial charge in [0.15, 0.2) is 0 Å². The number of nitrogens with zero attached hydrogens (tertiary/aromatic N) is 1. The second-order valence-corrected chi connectivity index (χ2v) is 6.23. The highest BCUT2D eigenvalue weighted by Gasteiger charge is 2.26. The zero-order valence-corrected chi connectivity index (χ0v) is 12.3. The van der Waals surface area contributed by atoms with Crippen molar-refractivity contribution < 1.29 is 14.3 Å². The van der Waals surface area contributed by atoms with Gasteiger partial charge in [0.05, 0.1) is 26.4 Å². The quantitative estimate of drug-likeness (QED) is 0.731. The molecule has 0 N–H and O–H groups in total. The molecule has 110 valence electrons. The topological polar surface area (TPSA) is 38.8 Å². The first kappa shape index (κ1) is 14.8. The lowest BCUT2D eigenvalue weighted by Gasteiger charge is -2.32. The number of hydrogen-bond donors (Lipinski definition) is 0. The first-order valence-corrected chi connectivity index (χ1v) is 7.61. The first-order valence-electron chi connectivity index (χ1n) is 7.61. The molecule has 0 unspecified atom stereocenters. The Kier molecular flexibility index (Phi) is 5.64. The van der Waals surface area contributed by atoms with Crippen molar-refractivity contribution in [2.75, 3.05) is 39.5 Å². The fraction of sp³-hybridized carbons (Fsp3) is 0.933. The van der Waals surface area contributed by atoms with Gasteiger partial charge in [0, 0.05) is 13.1 Å². The number of carbonyl (C=O) groups excluding carboxylic acids is 1. The average molecular weight is 269 g/mol. The first-order chi connectivity index (χ1) is 9.15. The van der Waals surface area contributed by atoms with E-state index >= 15 is 0 Å². The highest BCUT2D eigenvalue weighted by molar-refractivity contribution is 5.71. The van der Waals surface area contributed by atoms with Crippen LogP contribution in [0.2, 0.25) is 0 Å². The maximum atomic E-state index is 11.8. The van der Waals surface area contributed by atoms with Crippen LogP contribution in [0, 0.1) is 17.8 Å². The lowest BCUT2D eigenvalue weighted by Crippen LogP contribution is -2.40. The molecule has 0 amide bonds. The van der Waals surface area contributed by atoms with Crippen molar-refractivity contribution >= 4 is 5.97 Å². The molecular weight excluding hydrogens is 242 g/mol. The van der Waals surface area contributed by atoms with Crippen LogP contribution in [0.3, 0.4) is 0 Å². The third-order valence-corrected chi connectivity index (χ3v) is 4.52. The Balaban J connectivity index is 1.65. The molecule has 3 atom stereocenters. The summed E-state index contributed by atoms with van der Waals surface area (Å²) in [5, 5.41) is 0. The number of esters is 1. The van der Waals surface area contributed by atoms with Crippen LogP contribution in [-0.2, 0) is 14.3 Å². The number of carbonyl (C=O) groups is 1. The van der Waals surface area contributed by atoms with Crippen molar-refractivity contribution in [3.8, 4) is 0 Å². The van der Waals surface area contributed by atoms with E-state index in [1.807, 2.05) is 0 Å². The minimum atomic E-state index is -0.0762. The van der Waals surface area contributed by atoms with E-state index < -0.39 is 0 Å². The normalized spacial score (nSPS) is 33.1. The van der Waals surface area contributed by atoms with E-state index in [-0.39, 0.29) is 5.97 Å². The molecule has 1 saturated carbocycles. The molecule has 19 heavy (non-hydrogen) atoms. The van der Waals surface area contributed by atoms with Gasteiger partial charge in [0.25, 0.3) is 0 Å². The van der Waals surface area contributed by atoms with Gasteiger partial charge < -0.3 is 9.47 Å². The number of rotatable bonds is 4. The standard InChI is InChI=1S/C15H27NO3/c1-12-3-4-14(13(2)9-12)11-19-15(17)10-16-5-7-18-8-6-16/h12-14H,3-11H2,1-2H3/t12-,13+,14-/m1/s1. The molecule has 1 heterocycles. The van der Waals surface area contributed by atoms with E-state index in [1.54, 1.807) is 0 Å². The van der Waals surface area contributed by atoms with E-state index in [2.05, 4.69) is 18.7 Å². The summed E-state index contributed by atoms with van der Waals surface area (Å²) in [6.45, 7) is 8.76. The second-order valence-electron chi connectivity index (χ2n) is 6.23. The van der Waals surface area contributed by atoms with Gasteiger partial charge in [-0.05, 0) is 30.6 Å². The molecule has 2 fully saturated rings. The van der Waals surface area contributed by atoms with Crippen molar-refractivity contribution in [3.63, 3.8) is 0 Å². The van der Waals surface area contributed by atoms with Crippen molar-refractivity contribution in [1.29, 1.82) is 0 Å². The van der Waals surface area contributed by atoms with Gasteiger partial charge in [-0.2, -0.15) is 0 Å². The number of morpholine rings is 1. The van der Waals surface area contributed by atoms with Gasteiger partial charge in [-0.25, -0.2) is 0 Å². The SMILES string of the molecule is C[C@@H]1CC[C@H](COC(=O)CN2CCOCC2)[C@@H](C)C1. The molecule has 2 rings (SSSR count). The molecule has 2 aliphatic rings. The van der Waals surface area contributed by atoms with E-state index in [0.29, 0.717) is 25.0 Å². The van der Waals surface area contributed by atoms with Gasteiger partial charge in [-0.15, -0.1) is 0 Å². The summed E-state index contributed by atoms with van der Waals surface area (Å²) in [4.78, 5) is 13.9.